The Morgan fingerprint density at radius 3 is 2.80 bits per heavy atom. The Bertz CT molecular complexity index is 935. The van der Waals surface area contributed by atoms with Crippen molar-refractivity contribution in [1.29, 1.82) is 0 Å². The molecule has 162 valence electrons. The van der Waals surface area contributed by atoms with Crippen LogP contribution in [0.4, 0.5) is 0 Å². The van der Waals surface area contributed by atoms with Gasteiger partial charge in [-0.3, -0.25) is 10.00 Å². The molecule has 1 fully saturated rings. The molecule has 0 aromatic carbocycles. The lowest BCUT2D eigenvalue weighted by Gasteiger charge is -2.36. The van der Waals surface area contributed by atoms with Crippen molar-refractivity contribution in [2.75, 3.05) is 32.7 Å². The maximum Gasteiger partial charge on any atom is 0.216 e. The number of furan rings is 1. The predicted molar refractivity (Wildman–Crippen MR) is 130 cm³/mol. The molecule has 8 nitrogen and oxygen atoms in total. The summed E-state index contributed by atoms with van der Waals surface area (Å²) in [5, 5.41) is 10.5. The van der Waals surface area contributed by atoms with Crippen LogP contribution in [-0.2, 0) is 13.1 Å². The normalized spacial score (nSPS) is 15.3. The average Bonchev–Trinajstić information content (AvgIpc) is 3.48. The van der Waals surface area contributed by atoms with Gasteiger partial charge in [-0.15, -0.1) is 40.4 Å². The van der Waals surface area contributed by atoms with Crippen molar-refractivity contribution in [3.63, 3.8) is 0 Å². The first-order chi connectivity index (χ1) is 14.2. The fraction of sp³-hybridized carbons (Fsp3) is 0.421. The molecule has 4 heterocycles. The molecular weight excluding hydrogens is 537 g/mol. The highest BCUT2D eigenvalue weighted by Gasteiger charge is 2.20. The zero-order chi connectivity index (χ0) is 20.1. The molecule has 0 spiro atoms. The Hall–Kier alpha value is -1.63. The smallest absolute Gasteiger partial charge is 0.216 e. The highest BCUT2D eigenvalue weighted by atomic mass is 127. The Balaban J connectivity index is 0.00000256. The predicted octanol–water partition coefficient (Wildman–Crippen LogP) is 3.68. The van der Waals surface area contributed by atoms with Crippen molar-refractivity contribution >= 4 is 52.9 Å². The Kier molecular flexibility index (Phi) is 8.54. The summed E-state index contributed by atoms with van der Waals surface area (Å²) in [7, 11) is 0. The van der Waals surface area contributed by atoms with Gasteiger partial charge in [0.15, 0.2) is 11.7 Å². The lowest BCUT2D eigenvalue weighted by Crippen LogP contribution is -2.52. The number of guanidine groups is 1. The largest absolute Gasteiger partial charge is 0.461 e. The van der Waals surface area contributed by atoms with E-state index in [0.717, 1.165) is 49.6 Å². The topological polar surface area (TPSA) is 85.6 Å². The van der Waals surface area contributed by atoms with E-state index < -0.39 is 0 Å². The minimum absolute atomic E-state index is 0. The van der Waals surface area contributed by atoms with Gasteiger partial charge in [0.1, 0.15) is 12.4 Å². The third-order valence-electron chi connectivity index (χ3n) is 4.67. The molecule has 0 atom stereocenters. The summed E-state index contributed by atoms with van der Waals surface area (Å²) in [5.74, 6) is 2.81. The Morgan fingerprint density at radius 1 is 1.30 bits per heavy atom. The molecule has 0 amide bonds. The highest BCUT2D eigenvalue weighted by Crippen LogP contribution is 2.23. The number of aliphatic imine (C=N–C) groups is 1. The number of piperazine rings is 1. The SMILES string of the molecule is CCNC(=NCc1nc(-c2ccco2)n[nH]1)N1CCN(Cc2ccc(Cl)s2)CC1.I. The van der Waals surface area contributed by atoms with Crippen LogP contribution in [0, 0.1) is 0 Å². The summed E-state index contributed by atoms with van der Waals surface area (Å²) in [6.45, 7) is 8.13. The van der Waals surface area contributed by atoms with Gasteiger partial charge in [-0.05, 0) is 31.2 Å². The van der Waals surface area contributed by atoms with Gasteiger partial charge in [0, 0.05) is 44.1 Å². The van der Waals surface area contributed by atoms with Gasteiger partial charge in [0.25, 0.3) is 0 Å². The van der Waals surface area contributed by atoms with E-state index in [9.17, 15) is 0 Å². The summed E-state index contributed by atoms with van der Waals surface area (Å²) >= 11 is 7.70. The number of hydrogen-bond donors (Lipinski definition) is 2. The molecule has 0 radical (unpaired) electrons. The molecule has 0 bridgehead atoms. The molecule has 3 aromatic heterocycles. The van der Waals surface area contributed by atoms with Crippen LogP contribution < -0.4 is 5.32 Å². The van der Waals surface area contributed by atoms with Crippen LogP contribution in [0.3, 0.4) is 0 Å². The van der Waals surface area contributed by atoms with E-state index in [0.29, 0.717) is 24.0 Å². The second-order valence-electron chi connectivity index (χ2n) is 6.72. The molecule has 1 saturated heterocycles. The van der Waals surface area contributed by atoms with E-state index in [1.54, 1.807) is 17.6 Å². The molecule has 1 aliphatic heterocycles. The van der Waals surface area contributed by atoms with Crippen molar-refractivity contribution in [1.82, 2.24) is 30.3 Å². The maximum atomic E-state index is 6.04. The minimum atomic E-state index is 0. The standard InChI is InChI=1S/C19H24ClN7OS.HI/c1-2-21-19(22-12-17-23-18(25-24-17)15-4-3-11-28-15)27-9-7-26(8-10-27)13-14-5-6-16(20)29-14;/h3-6,11H,2,7-10,12-13H2,1H3,(H,21,22)(H,23,24,25);1H. The second-order valence-corrected chi connectivity index (χ2v) is 8.52. The van der Waals surface area contributed by atoms with E-state index in [1.165, 1.54) is 4.88 Å². The fourth-order valence-electron chi connectivity index (χ4n) is 3.23. The van der Waals surface area contributed by atoms with Gasteiger partial charge in [-0.25, -0.2) is 9.98 Å². The lowest BCUT2D eigenvalue weighted by molar-refractivity contribution is 0.173. The minimum Gasteiger partial charge on any atom is -0.461 e. The summed E-state index contributed by atoms with van der Waals surface area (Å²) in [6, 6.07) is 7.73. The van der Waals surface area contributed by atoms with Gasteiger partial charge >= 0.3 is 0 Å². The average molecular weight is 562 g/mol. The van der Waals surface area contributed by atoms with Crippen molar-refractivity contribution in [3.8, 4) is 11.6 Å². The van der Waals surface area contributed by atoms with Crippen LogP contribution in [0.5, 0.6) is 0 Å². The highest BCUT2D eigenvalue weighted by molar-refractivity contribution is 14.0. The molecule has 30 heavy (non-hydrogen) atoms. The molecule has 0 saturated carbocycles. The van der Waals surface area contributed by atoms with Crippen molar-refractivity contribution in [2.45, 2.75) is 20.0 Å². The van der Waals surface area contributed by atoms with Gasteiger partial charge in [-0.1, -0.05) is 11.6 Å². The number of nitrogens with one attached hydrogen (secondary N) is 2. The van der Waals surface area contributed by atoms with Gasteiger partial charge in [0.2, 0.25) is 5.82 Å². The Labute approximate surface area is 201 Å². The monoisotopic (exact) mass is 561 g/mol. The lowest BCUT2D eigenvalue weighted by atomic mass is 10.3. The number of halogens is 2. The summed E-state index contributed by atoms with van der Waals surface area (Å²) in [6.07, 6.45) is 1.61. The molecule has 11 heteroatoms. The number of thiophene rings is 1. The van der Waals surface area contributed by atoms with Crippen LogP contribution in [0.25, 0.3) is 11.6 Å². The van der Waals surface area contributed by atoms with Crippen LogP contribution in [-0.4, -0.2) is 63.7 Å². The number of aromatic amines is 1. The van der Waals surface area contributed by atoms with E-state index in [-0.39, 0.29) is 24.0 Å². The van der Waals surface area contributed by atoms with Gasteiger partial charge in [0.05, 0.1) is 10.6 Å². The number of aromatic nitrogens is 3. The fourth-order valence-corrected chi connectivity index (χ4v) is 4.36. The third kappa shape index (κ3) is 5.96. The molecule has 1 aliphatic rings. The second kappa shape index (κ2) is 11.1. The number of rotatable bonds is 6. The van der Waals surface area contributed by atoms with Crippen LogP contribution in [0.1, 0.15) is 17.6 Å². The molecule has 0 unspecified atom stereocenters. The van der Waals surface area contributed by atoms with Crippen molar-refractivity contribution in [3.05, 3.63) is 45.6 Å². The van der Waals surface area contributed by atoms with Crippen LogP contribution >= 0.6 is 46.9 Å². The van der Waals surface area contributed by atoms with E-state index >= 15 is 0 Å². The van der Waals surface area contributed by atoms with E-state index in [4.69, 9.17) is 21.0 Å². The molecule has 3 aromatic rings. The third-order valence-corrected chi connectivity index (χ3v) is 5.88. The van der Waals surface area contributed by atoms with Crippen LogP contribution in [0.15, 0.2) is 39.9 Å². The molecular formula is C19H25ClIN7OS. The van der Waals surface area contributed by atoms with Crippen molar-refractivity contribution in [2.24, 2.45) is 4.99 Å². The summed E-state index contributed by atoms with van der Waals surface area (Å²) in [4.78, 5) is 15.3. The number of hydrogen-bond acceptors (Lipinski definition) is 6. The van der Waals surface area contributed by atoms with Crippen molar-refractivity contribution < 1.29 is 4.42 Å². The molecule has 0 aliphatic carbocycles. The molecule has 2 N–H and O–H groups in total. The van der Waals surface area contributed by atoms with Gasteiger partial charge in [-0.2, -0.15) is 0 Å². The first-order valence-corrected chi connectivity index (χ1v) is 10.9. The van der Waals surface area contributed by atoms with E-state index in [2.05, 4.69) is 43.3 Å². The number of nitrogens with zero attached hydrogens (tertiary/aromatic N) is 5. The maximum absolute atomic E-state index is 6.04. The van der Waals surface area contributed by atoms with Gasteiger partial charge < -0.3 is 14.6 Å². The summed E-state index contributed by atoms with van der Waals surface area (Å²) in [5.41, 5.74) is 0. The first kappa shape index (κ1) is 23.0. The zero-order valence-electron chi connectivity index (χ0n) is 16.7. The quantitative estimate of drug-likeness (QED) is 0.271. The van der Waals surface area contributed by atoms with E-state index in [1.807, 2.05) is 18.2 Å². The first-order valence-electron chi connectivity index (χ1n) is 9.66. The molecule has 4 rings (SSSR count). The van der Waals surface area contributed by atoms with Crippen LogP contribution in [0.2, 0.25) is 4.34 Å². The summed E-state index contributed by atoms with van der Waals surface area (Å²) < 4.78 is 6.18. The zero-order valence-corrected chi connectivity index (χ0v) is 20.6. The number of H-pyrrole nitrogens is 1. The Morgan fingerprint density at radius 2 is 2.13 bits per heavy atom.